The largest absolute Gasteiger partial charge is 0.492 e. The average molecular weight is 540 g/mol. The zero-order valence-electron chi connectivity index (χ0n) is 18.9. The number of unbranched alkanes of at least 4 members (excludes halogenated alkanes) is 1. The molecular weight excluding hydrogens is 503 g/mol. The van der Waals surface area contributed by atoms with Crippen LogP contribution in [0.5, 0.6) is 5.75 Å². The summed E-state index contributed by atoms with van der Waals surface area (Å²) in [6, 6.07) is 10.0. The standard InChI is InChI=1S/C23H36N6O.HI/c1-3-24-23(26-11-7-8-13-28-14-12-25-21(28)2)29-17-15-27(16-18-29)19-20-30-22-9-5-4-6-10-22;/h4-6,9-10,12,14H,3,7-8,11,13,15-20H2,1-2H3,(H,24,26);1H. The van der Waals surface area contributed by atoms with Crippen molar-refractivity contribution in [2.24, 2.45) is 4.99 Å². The molecule has 2 aromatic rings. The van der Waals surface area contributed by atoms with Crippen LogP contribution >= 0.6 is 24.0 Å². The predicted octanol–water partition coefficient (Wildman–Crippen LogP) is 3.25. The van der Waals surface area contributed by atoms with E-state index in [2.05, 4.69) is 38.5 Å². The topological polar surface area (TPSA) is 57.9 Å². The van der Waals surface area contributed by atoms with Crippen LogP contribution in [0.25, 0.3) is 0 Å². The van der Waals surface area contributed by atoms with Gasteiger partial charge in [-0.3, -0.25) is 9.89 Å². The van der Waals surface area contributed by atoms with Crippen molar-refractivity contribution in [2.45, 2.75) is 33.2 Å². The summed E-state index contributed by atoms with van der Waals surface area (Å²) in [5.41, 5.74) is 0. The zero-order chi connectivity index (χ0) is 21.0. The Morgan fingerprint density at radius 3 is 2.55 bits per heavy atom. The highest BCUT2D eigenvalue weighted by Crippen LogP contribution is 2.09. The summed E-state index contributed by atoms with van der Waals surface area (Å²) in [7, 11) is 0. The summed E-state index contributed by atoms with van der Waals surface area (Å²) in [6.45, 7) is 12.8. The Hall–Kier alpha value is -1.81. The van der Waals surface area contributed by atoms with Crippen LogP contribution in [0.4, 0.5) is 0 Å². The van der Waals surface area contributed by atoms with Gasteiger partial charge in [-0.1, -0.05) is 18.2 Å². The minimum absolute atomic E-state index is 0. The monoisotopic (exact) mass is 540 g/mol. The molecule has 0 saturated carbocycles. The van der Waals surface area contributed by atoms with E-state index in [4.69, 9.17) is 9.73 Å². The second-order valence-electron chi connectivity index (χ2n) is 7.60. The Bertz CT molecular complexity index is 758. The lowest BCUT2D eigenvalue weighted by molar-refractivity contribution is 0.152. The Morgan fingerprint density at radius 1 is 1.10 bits per heavy atom. The summed E-state index contributed by atoms with van der Waals surface area (Å²) in [4.78, 5) is 14.0. The van der Waals surface area contributed by atoms with E-state index >= 15 is 0 Å². The number of para-hydroxylation sites is 1. The lowest BCUT2D eigenvalue weighted by Gasteiger charge is -2.36. The maximum atomic E-state index is 5.83. The molecule has 1 aliphatic heterocycles. The highest BCUT2D eigenvalue weighted by atomic mass is 127. The molecule has 0 radical (unpaired) electrons. The van der Waals surface area contributed by atoms with Crippen LogP contribution in [-0.4, -0.2) is 77.7 Å². The van der Waals surface area contributed by atoms with E-state index in [1.165, 1.54) is 0 Å². The fourth-order valence-electron chi connectivity index (χ4n) is 3.64. The van der Waals surface area contributed by atoms with E-state index < -0.39 is 0 Å². The number of guanidine groups is 1. The Morgan fingerprint density at radius 2 is 1.87 bits per heavy atom. The first-order chi connectivity index (χ1) is 14.8. The van der Waals surface area contributed by atoms with Crippen molar-refractivity contribution < 1.29 is 4.74 Å². The first kappa shape index (κ1) is 25.5. The van der Waals surface area contributed by atoms with Gasteiger partial charge in [-0.25, -0.2) is 4.98 Å². The second kappa shape index (κ2) is 14.3. The van der Waals surface area contributed by atoms with Gasteiger partial charge in [0.1, 0.15) is 18.2 Å². The number of piperazine rings is 1. The molecule has 1 aliphatic rings. The maximum absolute atomic E-state index is 5.83. The van der Waals surface area contributed by atoms with E-state index in [-0.39, 0.29) is 24.0 Å². The van der Waals surface area contributed by atoms with Gasteiger partial charge in [0.05, 0.1) is 0 Å². The first-order valence-corrected chi connectivity index (χ1v) is 11.2. The molecule has 0 aliphatic carbocycles. The third kappa shape index (κ3) is 8.68. The third-order valence-corrected chi connectivity index (χ3v) is 5.42. The predicted molar refractivity (Wildman–Crippen MR) is 138 cm³/mol. The number of rotatable bonds is 10. The van der Waals surface area contributed by atoms with Crippen molar-refractivity contribution in [3.63, 3.8) is 0 Å². The summed E-state index contributed by atoms with van der Waals surface area (Å²) in [5.74, 6) is 3.08. The van der Waals surface area contributed by atoms with E-state index in [9.17, 15) is 0 Å². The van der Waals surface area contributed by atoms with Crippen LogP contribution in [0, 0.1) is 6.92 Å². The lowest BCUT2D eigenvalue weighted by atomic mass is 10.3. The molecule has 2 heterocycles. The van der Waals surface area contributed by atoms with Crippen molar-refractivity contribution in [2.75, 3.05) is 52.4 Å². The van der Waals surface area contributed by atoms with Gasteiger partial charge in [-0.05, 0) is 38.8 Å². The van der Waals surface area contributed by atoms with Gasteiger partial charge < -0.3 is 19.5 Å². The molecule has 1 aromatic carbocycles. The molecule has 31 heavy (non-hydrogen) atoms. The number of hydrogen-bond donors (Lipinski definition) is 1. The van der Waals surface area contributed by atoms with Gasteiger partial charge in [0, 0.05) is 64.8 Å². The number of aryl methyl sites for hydroxylation is 2. The fraction of sp³-hybridized carbons (Fsp3) is 0.565. The molecule has 1 saturated heterocycles. The van der Waals surface area contributed by atoms with E-state index in [1.807, 2.05) is 42.7 Å². The minimum Gasteiger partial charge on any atom is -0.492 e. The van der Waals surface area contributed by atoms with Gasteiger partial charge in [0.15, 0.2) is 5.96 Å². The molecule has 172 valence electrons. The summed E-state index contributed by atoms with van der Waals surface area (Å²) in [6.07, 6.45) is 6.12. The van der Waals surface area contributed by atoms with Crippen molar-refractivity contribution in [3.05, 3.63) is 48.5 Å². The molecular formula is C23H37IN6O. The molecule has 0 atom stereocenters. The van der Waals surface area contributed by atoms with Crippen LogP contribution in [0.3, 0.4) is 0 Å². The van der Waals surface area contributed by atoms with E-state index in [0.717, 1.165) is 89.3 Å². The number of nitrogens with zero attached hydrogens (tertiary/aromatic N) is 5. The quantitative estimate of drug-likeness (QED) is 0.217. The minimum atomic E-state index is 0. The van der Waals surface area contributed by atoms with E-state index in [0.29, 0.717) is 0 Å². The number of aliphatic imine (C=N–C) groups is 1. The SMILES string of the molecule is CCNC(=NCCCCn1ccnc1C)N1CCN(CCOc2ccccc2)CC1.I. The Balaban J connectivity index is 0.00000341. The molecule has 0 spiro atoms. The van der Waals surface area contributed by atoms with Gasteiger partial charge in [-0.2, -0.15) is 0 Å². The molecule has 0 bridgehead atoms. The molecule has 0 unspecified atom stereocenters. The van der Waals surface area contributed by atoms with Crippen molar-refractivity contribution in [3.8, 4) is 5.75 Å². The normalized spacial score (nSPS) is 14.9. The Kier molecular flexibility index (Phi) is 11.7. The molecule has 7 nitrogen and oxygen atoms in total. The van der Waals surface area contributed by atoms with Crippen LogP contribution < -0.4 is 10.1 Å². The second-order valence-corrected chi connectivity index (χ2v) is 7.60. The van der Waals surface area contributed by atoms with Gasteiger partial charge >= 0.3 is 0 Å². The smallest absolute Gasteiger partial charge is 0.194 e. The number of aromatic nitrogens is 2. The maximum Gasteiger partial charge on any atom is 0.194 e. The molecule has 3 rings (SSSR count). The zero-order valence-corrected chi connectivity index (χ0v) is 21.2. The van der Waals surface area contributed by atoms with Crippen LogP contribution in [0.15, 0.2) is 47.7 Å². The lowest BCUT2D eigenvalue weighted by Crippen LogP contribution is -2.53. The number of nitrogens with one attached hydrogen (secondary N) is 1. The number of hydrogen-bond acceptors (Lipinski definition) is 4. The van der Waals surface area contributed by atoms with Crippen molar-refractivity contribution in [1.29, 1.82) is 0 Å². The summed E-state index contributed by atoms with van der Waals surface area (Å²) in [5, 5.41) is 3.46. The van der Waals surface area contributed by atoms with Crippen LogP contribution in [0.2, 0.25) is 0 Å². The highest BCUT2D eigenvalue weighted by molar-refractivity contribution is 14.0. The Labute approximate surface area is 203 Å². The van der Waals surface area contributed by atoms with E-state index in [1.54, 1.807) is 0 Å². The number of halogens is 1. The highest BCUT2D eigenvalue weighted by Gasteiger charge is 2.19. The van der Waals surface area contributed by atoms with Gasteiger partial charge in [0.2, 0.25) is 0 Å². The molecule has 1 fully saturated rings. The average Bonchev–Trinajstić information content (AvgIpc) is 3.19. The van der Waals surface area contributed by atoms with Crippen LogP contribution in [-0.2, 0) is 6.54 Å². The third-order valence-electron chi connectivity index (χ3n) is 5.42. The van der Waals surface area contributed by atoms with Gasteiger partial charge in [0.25, 0.3) is 0 Å². The number of benzene rings is 1. The molecule has 1 N–H and O–H groups in total. The molecule has 8 heteroatoms. The summed E-state index contributed by atoms with van der Waals surface area (Å²) >= 11 is 0. The van der Waals surface area contributed by atoms with Crippen molar-refractivity contribution in [1.82, 2.24) is 24.7 Å². The van der Waals surface area contributed by atoms with Crippen LogP contribution in [0.1, 0.15) is 25.6 Å². The summed E-state index contributed by atoms with van der Waals surface area (Å²) < 4.78 is 8.04. The number of imidazole rings is 1. The van der Waals surface area contributed by atoms with Gasteiger partial charge in [-0.15, -0.1) is 24.0 Å². The first-order valence-electron chi connectivity index (χ1n) is 11.2. The van der Waals surface area contributed by atoms with Crippen molar-refractivity contribution >= 4 is 29.9 Å². The molecule has 1 aromatic heterocycles. The fourth-order valence-corrected chi connectivity index (χ4v) is 3.64. The number of ether oxygens (including phenoxy) is 1. The molecule has 0 amide bonds.